The fourth-order valence-corrected chi connectivity index (χ4v) is 5.07. The number of likely N-dealkylation sites (tertiary alicyclic amines) is 2. The zero-order valence-corrected chi connectivity index (χ0v) is 21.0. The fraction of sp³-hybridized carbons (Fsp3) is 0.500. The summed E-state index contributed by atoms with van der Waals surface area (Å²) in [5.41, 5.74) is 1.38. The van der Waals surface area contributed by atoms with Crippen LogP contribution in [0.3, 0.4) is 0 Å². The predicted molar refractivity (Wildman–Crippen MR) is 131 cm³/mol. The Balaban J connectivity index is 1.48. The molecule has 10 heteroatoms. The number of carbonyl (C=O) groups excluding carboxylic acids is 5. The van der Waals surface area contributed by atoms with E-state index in [9.17, 15) is 24.0 Å². The molecule has 0 bridgehead atoms. The quantitative estimate of drug-likeness (QED) is 0.554. The van der Waals surface area contributed by atoms with Crippen LogP contribution in [0.25, 0.3) is 0 Å². The van der Waals surface area contributed by atoms with Gasteiger partial charge in [0.2, 0.25) is 17.8 Å². The molecule has 0 saturated carbocycles. The van der Waals surface area contributed by atoms with Gasteiger partial charge < -0.3 is 24.8 Å². The lowest BCUT2D eigenvalue weighted by molar-refractivity contribution is -0.145. The van der Waals surface area contributed by atoms with Gasteiger partial charge in [-0.15, -0.1) is 0 Å². The number of nitrogens with one attached hydrogen (secondary N) is 1. The first-order valence-corrected chi connectivity index (χ1v) is 12.2. The lowest BCUT2D eigenvalue weighted by Gasteiger charge is -2.29. The number of Topliss-reactive ketones (excluding diaryl/α,β-unsaturated/α-hetero) is 1. The third-order valence-electron chi connectivity index (χ3n) is 6.87. The number of ketones is 2. The van der Waals surface area contributed by atoms with Crippen molar-refractivity contribution in [1.82, 2.24) is 15.1 Å². The van der Waals surface area contributed by atoms with Crippen LogP contribution in [-0.4, -0.2) is 90.5 Å². The third-order valence-corrected chi connectivity index (χ3v) is 6.87. The molecule has 2 saturated heterocycles. The van der Waals surface area contributed by atoms with Crippen LogP contribution < -0.4 is 10.2 Å². The van der Waals surface area contributed by atoms with Crippen molar-refractivity contribution in [1.29, 1.82) is 0 Å². The topological polar surface area (TPSA) is 116 Å². The van der Waals surface area contributed by atoms with E-state index in [-0.39, 0.29) is 36.6 Å². The molecule has 4 atom stereocenters. The maximum atomic E-state index is 13.6. The lowest BCUT2D eigenvalue weighted by Crippen LogP contribution is -2.53. The number of anilines is 1. The van der Waals surface area contributed by atoms with E-state index >= 15 is 0 Å². The summed E-state index contributed by atoms with van der Waals surface area (Å²) in [6.45, 7) is 4.02. The molecule has 192 valence electrons. The van der Waals surface area contributed by atoms with Crippen molar-refractivity contribution in [2.24, 2.45) is 5.92 Å². The van der Waals surface area contributed by atoms with Gasteiger partial charge >= 0.3 is 0 Å². The Morgan fingerprint density at radius 1 is 1.11 bits per heavy atom. The van der Waals surface area contributed by atoms with Gasteiger partial charge in [-0.25, -0.2) is 0 Å². The molecule has 0 aromatic heterocycles. The van der Waals surface area contributed by atoms with E-state index in [1.165, 1.54) is 22.1 Å². The van der Waals surface area contributed by atoms with Crippen LogP contribution in [-0.2, 0) is 23.9 Å². The third kappa shape index (κ3) is 4.84. The monoisotopic (exact) mass is 496 g/mol. The Morgan fingerprint density at radius 2 is 1.81 bits per heavy atom. The molecule has 3 amide bonds. The molecular formula is C26H32N4O6. The highest BCUT2D eigenvalue weighted by Gasteiger charge is 2.54. The molecule has 3 heterocycles. The molecule has 2 fully saturated rings. The van der Waals surface area contributed by atoms with Crippen molar-refractivity contribution >= 4 is 35.0 Å². The average molecular weight is 497 g/mol. The normalized spacial score (nSPS) is 23.6. The Bertz CT molecular complexity index is 1100. The highest BCUT2D eigenvalue weighted by molar-refractivity contribution is 6.12. The van der Waals surface area contributed by atoms with Crippen molar-refractivity contribution in [2.75, 3.05) is 32.1 Å². The van der Waals surface area contributed by atoms with Crippen LogP contribution in [0.1, 0.15) is 37.0 Å². The second-order valence-corrected chi connectivity index (χ2v) is 10.1. The summed E-state index contributed by atoms with van der Waals surface area (Å²) < 4.78 is 5.12. The molecule has 4 unspecified atom stereocenters. The number of benzene rings is 1. The number of amides is 3. The molecule has 0 aliphatic carbocycles. The number of hydrogen-bond acceptors (Lipinski definition) is 7. The first-order chi connectivity index (χ1) is 17.1. The van der Waals surface area contributed by atoms with Crippen LogP contribution in [0.4, 0.5) is 5.69 Å². The number of hydrogen-bond donors (Lipinski definition) is 1. The molecule has 1 aromatic rings. The predicted octanol–water partition coefficient (Wildman–Crippen LogP) is 0.760. The van der Waals surface area contributed by atoms with E-state index in [0.29, 0.717) is 18.4 Å². The molecule has 4 rings (SSSR count). The van der Waals surface area contributed by atoms with E-state index in [1.54, 1.807) is 12.1 Å². The van der Waals surface area contributed by atoms with Gasteiger partial charge in [0.15, 0.2) is 5.78 Å². The largest absolute Gasteiger partial charge is 0.480 e. The minimum absolute atomic E-state index is 0.115. The standard InChI is InChI=1S/C26H32N4O6/c1-15(2)13-18(27-24(33)16-5-7-17(8-6-16)28(3)4)25(34)29-11-9-19-22(29)21(32)14-30(19)26(35)23-20(31)10-12-36-23/h5-8,10,12,15,18-19,22-23H,9,11,13-14H2,1-4H3,(H,27,33). The molecule has 1 aromatic carbocycles. The molecule has 0 spiro atoms. The molecule has 3 aliphatic heterocycles. The Morgan fingerprint density at radius 3 is 2.39 bits per heavy atom. The van der Waals surface area contributed by atoms with Gasteiger partial charge in [-0.1, -0.05) is 13.8 Å². The summed E-state index contributed by atoms with van der Waals surface area (Å²) >= 11 is 0. The van der Waals surface area contributed by atoms with Gasteiger partial charge in [-0.2, -0.15) is 0 Å². The number of ether oxygens (including phenoxy) is 1. The first-order valence-electron chi connectivity index (χ1n) is 12.2. The summed E-state index contributed by atoms with van der Waals surface area (Å²) in [5.74, 6) is -1.87. The highest BCUT2D eigenvalue weighted by atomic mass is 16.5. The van der Waals surface area contributed by atoms with Crippen LogP contribution >= 0.6 is 0 Å². The van der Waals surface area contributed by atoms with Crippen LogP contribution in [0, 0.1) is 5.92 Å². The molecule has 0 radical (unpaired) electrons. The van der Waals surface area contributed by atoms with Gasteiger partial charge in [0, 0.05) is 38.0 Å². The van der Waals surface area contributed by atoms with Crippen LogP contribution in [0.5, 0.6) is 0 Å². The summed E-state index contributed by atoms with van der Waals surface area (Å²) in [7, 11) is 3.81. The second-order valence-electron chi connectivity index (χ2n) is 10.1. The second kappa shape index (κ2) is 10.1. The minimum Gasteiger partial charge on any atom is -0.480 e. The van der Waals surface area contributed by atoms with E-state index in [1.807, 2.05) is 45.0 Å². The zero-order valence-electron chi connectivity index (χ0n) is 21.0. The average Bonchev–Trinajstić information content (AvgIpc) is 3.54. The van der Waals surface area contributed by atoms with Gasteiger partial charge in [-0.05, 0) is 43.0 Å². The van der Waals surface area contributed by atoms with Crippen LogP contribution in [0.2, 0.25) is 0 Å². The highest BCUT2D eigenvalue weighted by Crippen LogP contribution is 2.32. The Hall–Kier alpha value is -3.69. The molecule has 10 nitrogen and oxygen atoms in total. The summed E-state index contributed by atoms with van der Waals surface area (Å²) in [4.78, 5) is 69.1. The maximum Gasteiger partial charge on any atom is 0.272 e. The zero-order chi connectivity index (χ0) is 26.1. The summed E-state index contributed by atoms with van der Waals surface area (Å²) in [6.07, 6.45) is 1.92. The SMILES string of the molecule is CC(C)CC(NC(=O)c1ccc(N(C)C)cc1)C(=O)N1CCC2C1C(=O)CN2C(=O)C1OC=CC1=O. The maximum absolute atomic E-state index is 13.6. The van der Waals surface area contributed by atoms with Crippen LogP contribution in [0.15, 0.2) is 36.6 Å². The van der Waals surface area contributed by atoms with Gasteiger partial charge in [-0.3, -0.25) is 24.0 Å². The molecule has 3 aliphatic rings. The Labute approximate surface area is 210 Å². The lowest BCUT2D eigenvalue weighted by atomic mass is 10.0. The van der Waals surface area contributed by atoms with Gasteiger partial charge in [0.25, 0.3) is 11.8 Å². The van der Waals surface area contributed by atoms with Crippen molar-refractivity contribution in [3.8, 4) is 0 Å². The van der Waals surface area contributed by atoms with Crippen molar-refractivity contribution in [3.05, 3.63) is 42.2 Å². The number of nitrogens with zero attached hydrogens (tertiary/aromatic N) is 3. The smallest absolute Gasteiger partial charge is 0.272 e. The van der Waals surface area contributed by atoms with Gasteiger partial charge in [0.05, 0.1) is 18.8 Å². The van der Waals surface area contributed by atoms with Crippen molar-refractivity contribution in [2.45, 2.75) is 50.9 Å². The summed E-state index contributed by atoms with van der Waals surface area (Å²) in [5, 5.41) is 2.86. The molecule has 1 N–H and O–H groups in total. The van der Waals surface area contributed by atoms with Crippen molar-refractivity contribution < 1.29 is 28.7 Å². The summed E-state index contributed by atoms with van der Waals surface area (Å²) in [6, 6.07) is 4.95. The minimum atomic E-state index is -1.27. The molecule has 36 heavy (non-hydrogen) atoms. The van der Waals surface area contributed by atoms with Gasteiger partial charge in [0.1, 0.15) is 12.1 Å². The number of carbonyl (C=O) groups is 5. The van der Waals surface area contributed by atoms with E-state index in [2.05, 4.69) is 5.32 Å². The fourth-order valence-electron chi connectivity index (χ4n) is 5.07. The molecular weight excluding hydrogens is 464 g/mol. The van der Waals surface area contributed by atoms with E-state index < -0.39 is 35.9 Å². The van der Waals surface area contributed by atoms with Crippen molar-refractivity contribution in [3.63, 3.8) is 0 Å². The Kier molecular flexibility index (Phi) is 7.14. The first kappa shape index (κ1) is 25.4. The number of fused-ring (bicyclic) bond motifs is 1. The van der Waals surface area contributed by atoms with E-state index in [0.717, 1.165) is 5.69 Å². The van der Waals surface area contributed by atoms with E-state index in [4.69, 9.17) is 4.74 Å². The number of rotatable bonds is 7.